The van der Waals surface area contributed by atoms with Gasteiger partial charge in [-0.05, 0) is 38.9 Å². The Morgan fingerprint density at radius 3 is 2.53 bits per heavy atom. The number of rotatable bonds is 10. The van der Waals surface area contributed by atoms with E-state index >= 15 is 0 Å². The van der Waals surface area contributed by atoms with Gasteiger partial charge in [0.2, 0.25) is 0 Å². The van der Waals surface area contributed by atoms with Crippen molar-refractivity contribution >= 4 is 11.9 Å². The van der Waals surface area contributed by atoms with Crippen molar-refractivity contribution < 1.29 is 14.3 Å². The maximum Gasteiger partial charge on any atom is 0.308 e. The Kier molecular flexibility index (Phi) is 10.5. The molecule has 0 aromatic heterocycles. The molecule has 0 aliphatic carbocycles. The van der Waals surface area contributed by atoms with Crippen LogP contribution in [0, 0.1) is 5.92 Å². The predicted octanol–water partition coefficient (Wildman–Crippen LogP) is 2.76. The topological polar surface area (TPSA) is 66.4 Å². The molecule has 7 nitrogen and oxygen atoms in total. The third kappa shape index (κ3) is 7.20. The third-order valence-electron chi connectivity index (χ3n) is 5.60. The van der Waals surface area contributed by atoms with Crippen LogP contribution in [0.15, 0.2) is 29.3 Å². The van der Waals surface area contributed by atoms with Crippen LogP contribution in [-0.2, 0) is 16.1 Å². The molecule has 0 bridgehead atoms. The highest BCUT2D eigenvalue weighted by atomic mass is 16.5. The molecule has 1 aliphatic heterocycles. The van der Waals surface area contributed by atoms with Crippen LogP contribution >= 0.6 is 0 Å². The SMILES string of the molecule is CCNC(=NCc1ccccc1OCCN(CC)CC)N1CCC(C(=O)OC)CC1. The second kappa shape index (κ2) is 13.1. The number of esters is 1. The Hall–Kier alpha value is -2.28. The summed E-state index contributed by atoms with van der Waals surface area (Å²) in [6.07, 6.45) is 1.59. The lowest BCUT2D eigenvalue weighted by molar-refractivity contribution is -0.146. The number of piperidine rings is 1. The number of ether oxygens (including phenoxy) is 2. The number of carbonyl (C=O) groups excluding carboxylic acids is 1. The van der Waals surface area contributed by atoms with E-state index in [1.165, 1.54) is 7.11 Å². The molecule has 1 aliphatic rings. The predicted molar refractivity (Wildman–Crippen MR) is 121 cm³/mol. The van der Waals surface area contributed by atoms with Gasteiger partial charge in [-0.15, -0.1) is 0 Å². The maximum absolute atomic E-state index is 11.8. The number of hydrogen-bond acceptors (Lipinski definition) is 5. The molecule has 0 saturated carbocycles. The number of nitrogens with zero attached hydrogens (tertiary/aromatic N) is 3. The zero-order valence-electron chi connectivity index (χ0n) is 19.0. The summed E-state index contributed by atoms with van der Waals surface area (Å²) in [6.45, 7) is 13.0. The Morgan fingerprint density at radius 2 is 1.90 bits per heavy atom. The average Bonchev–Trinajstić information content (AvgIpc) is 2.79. The number of para-hydroxylation sites is 1. The van der Waals surface area contributed by atoms with Gasteiger partial charge in [0.15, 0.2) is 5.96 Å². The minimum absolute atomic E-state index is 0.00550. The fourth-order valence-corrected chi connectivity index (χ4v) is 3.68. The summed E-state index contributed by atoms with van der Waals surface area (Å²) in [5.41, 5.74) is 1.08. The molecular weight excluding hydrogens is 380 g/mol. The summed E-state index contributed by atoms with van der Waals surface area (Å²) < 4.78 is 11.0. The zero-order valence-corrected chi connectivity index (χ0v) is 19.0. The van der Waals surface area contributed by atoms with Gasteiger partial charge in [-0.25, -0.2) is 4.99 Å². The van der Waals surface area contributed by atoms with Crippen molar-refractivity contribution in [2.45, 2.75) is 40.2 Å². The fraction of sp³-hybridized carbons (Fsp3) is 0.652. The van der Waals surface area contributed by atoms with E-state index in [9.17, 15) is 4.79 Å². The molecule has 0 unspecified atom stereocenters. The molecule has 1 N–H and O–H groups in total. The van der Waals surface area contributed by atoms with Crippen molar-refractivity contribution in [2.24, 2.45) is 10.9 Å². The van der Waals surface area contributed by atoms with E-state index in [1.54, 1.807) is 0 Å². The van der Waals surface area contributed by atoms with E-state index in [4.69, 9.17) is 14.5 Å². The van der Waals surface area contributed by atoms with E-state index < -0.39 is 0 Å². The average molecular weight is 419 g/mol. The second-order valence-electron chi connectivity index (χ2n) is 7.44. The normalized spacial score (nSPS) is 15.4. The maximum atomic E-state index is 11.8. The number of aliphatic imine (C=N–C) groups is 1. The summed E-state index contributed by atoms with van der Waals surface area (Å²) in [7, 11) is 1.46. The van der Waals surface area contributed by atoms with E-state index in [-0.39, 0.29) is 11.9 Å². The smallest absolute Gasteiger partial charge is 0.308 e. The standard InChI is InChI=1S/C23H38N4O3/c1-5-24-23(27-14-12-19(13-15-27)22(28)29-4)25-18-20-10-8-9-11-21(20)30-17-16-26(6-2)7-3/h8-11,19H,5-7,12-18H2,1-4H3,(H,24,25). The first-order valence-electron chi connectivity index (χ1n) is 11.2. The second-order valence-corrected chi connectivity index (χ2v) is 7.44. The van der Waals surface area contributed by atoms with Crippen molar-refractivity contribution in [3.05, 3.63) is 29.8 Å². The van der Waals surface area contributed by atoms with Crippen LogP contribution in [0.3, 0.4) is 0 Å². The number of methoxy groups -OCH3 is 1. The number of guanidine groups is 1. The van der Waals surface area contributed by atoms with Gasteiger partial charge in [0, 0.05) is 31.7 Å². The first kappa shape index (κ1) is 24.0. The van der Waals surface area contributed by atoms with Crippen LogP contribution in [0.5, 0.6) is 5.75 Å². The van der Waals surface area contributed by atoms with Gasteiger partial charge in [0.05, 0.1) is 19.6 Å². The molecule has 1 aromatic rings. The number of likely N-dealkylation sites (tertiary alicyclic amines) is 1. The molecule has 1 fully saturated rings. The van der Waals surface area contributed by atoms with Crippen LogP contribution in [0.1, 0.15) is 39.2 Å². The van der Waals surface area contributed by atoms with E-state index in [0.29, 0.717) is 13.2 Å². The minimum Gasteiger partial charge on any atom is -0.492 e. The van der Waals surface area contributed by atoms with Gasteiger partial charge < -0.3 is 24.6 Å². The highest BCUT2D eigenvalue weighted by molar-refractivity contribution is 5.80. The lowest BCUT2D eigenvalue weighted by atomic mass is 9.97. The number of hydrogen-bond donors (Lipinski definition) is 1. The summed E-state index contributed by atoms with van der Waals surface area (Å²) in [5.74, 6) is 1.67. The molecule has 1 aromatic carbocycles. The Morgan fingerprint density at radius 1 is 1.20 bits per heavy atom. The van der Waals surface area contributed by atoms with Crippen molar-refractivity contribution in [1.29, 1.82) is 0 Å². The van der Waals surface area contributed by atoms with Crippen molar-refractivity contribution in [3.8, 4) is 5.75 Å². The largest absolute Gasteiger partial charge is 0.492 e. The molecule has 0 amide bonds. The number of nitrogens with one attached hydrogen (secondary N) is 1. The molecule has 0 spiro atoms. The lowest BCUT2D eigenvalue weighted by Gasteiger charge is -2.33. The Bertz CT molecular complexity index is 668. The molecule has 0 radical (unpaired) electrons. The summed E-state index contributed by atoms with van der Waals surface area (Å²) in [4.78, 5) is 21.2. The number of benzene rings is 1. The Balaban J connectivity index is 1.98. The van der Waals surface area contributed by atoms with E-state index in [1.807, 2.05) is 18.2 Å². The molecule has 30 heavy (non-hydrogen) atoms. The molecule has 7 heteroatoms. The minimum atomic E-state index is -0.104. The van der Waals surface area contributed by atoms with E-state index in [2.05, 4.69) is 42.0 Å². The van der Waals surface area contributed by atoms with Crippen molar-refractivity contribution in [3.63, 3.8) is 0 Å². The van der Waals surface area contributed by atoms with Gasteiger partial charge in [0.25, 0.3) is 0 Å². The first-order valence-corrected chi connectivity index (χ1v) is 11.2. The van der Waals surface area contributed by atoms with Crippen LogP contribution in [0.4, 0.5) is 0 Å². The molecular formula is C23H38N4O3. The van der Waals surface area contributed by atoms with Gasteiger partial charge in [-0.1, -0.05) is 32.0 Å². The molecule has 0 atom stereocenters. The number of likely N-dealkylation sites (N-methyl/N-ethyl adjacent to an activating group) is 1. The van der Waals surface area contributed by atoms with Crippen LogP contribution in [-0.4, -0.2) is 74.7 Å². The van der Waals surface area contributed by atoms with Crippen LogP contribution < -0.4 is 10.1 Å². The summed E-state index contributed by atoms with van der Waals surface area (Å²) in [6, 6.07) is 8.12. The summed E-state index contributed by atoms with van der Waals surface area (Å²) in [5, 5.41) is 3.39. The van der Waals surface area contributed by atoms with Crippen LogP contribution in [0.2, 0.25) is 0 Å². The fourth-order valence-electron chi connectivity index (χ4n) is 3.68. The van der Waals surface area contributed by atoms with Gasteiger partial charge >= 0.3 is 5.97 Å². The van der Waals surface area contributed by atoms with Gasteiger partial charge in [-0.3, -0.25) is 4.79 Å². The Labute approximate surface area is 181 Å². The van der Waals surface area contributed by atoms with Crippen molar-refractivity contribution in [2.75, 3.05) is 53.0 Å². The van der Waals surface area contributed by atoms with Gasteiger partial charge in [-0.2, -0.15) is 0 Å². The highest BCUT2D eigenvalue weighted by Gasteiger charge is 2.27. The van der Waals surface area contributed by atoms with Gasteiger partial charge in [0.1, 0.15) is 12.4 Å². The third-order valence-corrected chi connectivity index (χ3v) is 5.60. The van der Waals surface area contributed by atoms with E-state index in [0.717, 1.165) is 69.4 Å². The quantitative estimate of drug-likeness (QED) is 0.358. The summed E-state index contributed by atoms with van der Waals surface area (Å²) >= 11 is 0. The van der Waals surface area contributed by atoms with Crippen LogP contribution in [0.25, 0.3) is 0 Å². The molecule has 168 valence electrons. The lowest BCUT2D eigenvalue weighted by Crippen LogP contribution is -2.46. The zero-order chi connectivity index (χ0) is 21.8. The van der Waals surface area contributed by atoms with Crippen molar-refractivity contribution in [1.82, 2.24) is 15.1 Å². The molecule has 1 saturated heterocycles. The first-order chi connectivity index (χ1) is 14.6. The monoisotopic (exact) mass is 418 g/mol. The highest BCUT2D eigenvalue weighted by Crippen LogP contribution is 2.21. The molecule has 2 rings (SSSR count). The number of carbonyl (C=O) groups is 1. The molecule has 1 heterocycles.